The minimum Gasteiger partial charge on any atom is -0.323 e. The first-order valence-corrected chi connectivity index (χ1v) is 11.1. The van der Waals surface area contributed by atoms with Gasteiger partial charge in [0, 0.05) is 19.3 Å². The molecular formula is C25H23N3O3S. The molecule has 6 nitrogen and oxygen atoms in total. The number of nitrogens with one attached hydrogen (secondary N) is 2. The summed E-state index contributed by atoms with van der Waals surface area (Å²) in [4.78, 5) is 37.2. The second-order valence-electron chi connectivity index (χ2n) is 7.64. The van der Waals surface area contributed by atoms with E-state index in [1.54, 1.807) is 11.9 Å². The molecule has 4 rings (SSSR count). The molecule has 0 aliphatic carbocycles. The van der Waals surface area contributed by atoms with Crippen molar-refractivity contribution in [2.24, 2.45) is 0 Å². The number of amides is 4. The summed E-state index contributed by atoms with van der Waals surface area (Å²) in [5.41, 5.74) is 4.89. The van der Waals surface area contributed by atoms with Crippen molar-refractivity contribution in [1.82, 2.24) is 10.2 Å². The minimum atomic E-state index is -0.366. The van der Waals surface area contributed by atoms with Crippen LogP contribution in [0, 0.1) is 0 Å². The Labute approximate surface area is 191 Å². The molecule has 1 atom stereocenters. The Balaban J connectivity index is 1.39. The maximum atomic E-state index is 12.5. The summed E-state index contributed by atoms with van der Waals surface area (Å²) < 4.78 is 0. The van der Waals surface area contributed by atoms with Crippen molar-refractivity contribution in [3.8, 4) is 11.1 Å². The molecule has 1 unspecified atom stereocenters. The zero-order valence-electron chi connectivity index (χ0n) is 17.6. The van der Waals surface area contributed by atoms with Gasteiger partial charge in [0.05, 0.1) is 5.25 Å². The maximum Gasteiger partial charge on any atom is 0.321 e. The Kier molecular flexibility index (Phi) is 6.56. The number of carbonyl (C=O) groups is 3. The third-order valence-electron chi connectivity index (χ3n) is 5.19. The Morgan fingerprint density at radius 2 is 1.69 bits per heavy atom. The van der Waals surface area contributed by atoms with Crippen LogP contribution in [0.1, 0.15) is 11.1 Å². The van der Waals surface area contributed by atoms with Gasteiger partial charge >= 0.3 is 6.03 Å². The standard InChI is InChI=1S/C25H23N3O3S/c1-28(24(30)26-21-8-3-2-4-9-21)16-18-6-5-7-20(14-18)19-12-10-17(11-13-19)15-22-23(29)27-25(31)32-22/h2-14,22H,15-16H2,1H3,(H,26,30)(H,27,29,31). The first-order valence-electron chi connectivity index (χ1n) is 10.2. The second-order valence-corrected chi connectivity index (χ2v) is 8.81. The van der Waals surface area contributed by atoms with Crippen LogP contribution < -0.4 is 10.6 Å². The second kappa shape index (κ2) is 9.70. The van der Waals surface area contributed by atoms with Crippen LogP contribution in [0.5, 0.6) is 0 Å². The molecule has 1 heterocycles. The van der Waals surface area contributed by atoms with Crippen LogP contribution in [0.4, 0.5) is 15.3 Å². The summed E-state index contributed by atoms with van der Waals surface area (Å²) in [7, 11) is 1.77. The average molecular weight is 446 g/mol. The van der Waals surface area contributed by atoms with E-state index in [-0.39, 0.29) is 22.4 Å². The molecule has 0 bridgehead atoms. The van der Waals surface area contributed by atoms with Gasteiger partial charge in [-0.2, -0.15) is 0 Å². The number of imide groups is 1. The van der Waals surface area contributed by atoms with Gasteiger partial charge in [-0.3, -0.25) is 14.9 Å². The fourth-order valence-corrected chi connectivity index (χ4v) is 4.37. The third-order valence-corrected chi connectivity index (χ3v) is 6.18. The zero-order chi connectivity index (χ0) is 22.5. The van der Waals surface area contributed by atoms with Crippen LogP contribution in [-0.2, 0) is 17.8 Å². The van der Waals surface area contributed by atoms with E-state index in [2.05, 4.69) is 16.7 Å². The predicted octanol–water partition coefficient (Wildman–Crippen LogP) is 4.91. The summed E-state index contributed by atoms with van der Waals surface area (Å²) in [6.45, 7) is 0.479. The van der Waals surface area contributed by atoms with Crippen molar-refractivity contribution in [3.63, 3.8) is 0 Å². The van der Waals surface area contributed by atoms with Crippen molar-refractivity contribution in [2.75, 3.05) is 12.4 Å². The Morgan fingerprint density at radius 1 is 0.938 bits per heavy atom. The van der Waals surface area contributed by atoms with E-state index in [1.165, 1.54) is 0 Å². The van der Waals surface area contributed by atoms with Crippen molar-refractivity contribution in [3.05, 3.63) is 90.0 Å². The largest absolute Gasteiger partial charge is 0.323 e. The maximum absolute atomic E-state index is 12.5. The molecule has 32 heavy (non-hydrogen) atoms. The zero-order valence-corrected chi connectivity index (χ0v) is 18.4. The van der Waals surface area contributed by atoms with Gasteiger partial charge in [0.15, 0.2) is 0 Å². The van der Waals surface area contributed by atoms with Crippen LogP contribution in [0.25, 0.3) is 11.1 Å². The molecule has 3 aromatic rings. The number of urea groups is 1. The normalized spacial score (nSPS) is 15.3. The molecule has 1 aliphatic rings. The fourth-order valence-electron chi connectivity index (χ4n) is 3.51. The van der Waals surface area contributed by atoms with E-state index in [1.807, 2.05) is 72.8 Å². The molecular weight excluding hydrogens is 422 g/mol. The predicted molar refractivity (Wildman–Crippen MR) is 127 cm³/mol. The first kappa shape index (κ1) is 21.6. The van der Waals surface area contributed by atoms with E-state index in [0.29, 0.717) is 13.0 Å². The van der Waals surface area contributed by atoms with Crippen LogP contribution in [0.2, 0.25) is 0 Å². The lowest BCUT2D eigenvalue weighted by atomic mass is 10.00. The summed E-state index contributed by atoms with van der Waals surface area (Å²) in [5.74, 6) is -0.225. The number of carbonyl (C=O) groups excluding carboxylic acids is 3. The fraction of sp³-hybridized carbons (Fsp3) is 0.160. The highest BCUT2D eigenvalue weighted by Gasteiger charge is 2.31. The van der Waals surface area contributed by atoms with Gasteiger partial charge in [-0.05, 0) is 46.9 Å². The highest BCUT2D eigenvalue weighted by molar-refractivity contribution is 8.15. The molecule has 2 N–H and O–H groups in total. The van der Waals surface area contributed by atoms with Gasteiger partial charge in [0.1, 0.15) is 0 Å². The Morgan fingerprint density at radius 3 is 2.38 bits per heavy atom. The van der Waals surface area contributed by atoms with Crippen molar-refractivity contribution < 1.29 is 14.4 Å². The number of benzene rings is 3. The lowest BCUT2D eigenvalue weighted by Crippen LogP contribution is -2.30. The number of hydrogen-bond acceptors (Lipinski definition) is 4. The smallest absolute Gasteiger partial charge is 0.321 e. The van der Waals surface area contributed by atoms with Gasteiger partial charge in [0.2, 0.25) is 5.91 Å². The molecule has 7 heteroatoms. The summed E-state index contributed by atoms with van der Waals surface area (Å²) in [6, 6.07) is 25.3. The summed E-state index contributed by atoms with van der Waals surface area (Å²) >= 11 is 1.04. The number of nitrogens with zero attached hydrogens (tertiary/aromatic N) is 1. The average Bonchev–Trinajstić information content (AvgIpc) is 3.11. The SMILES string of the molecule is CN(Cc1cccc(-c2ccc(CC3SC(=O)NC3=O)cc2)c1)C(=O)Nc1ccccc1. The number of hydrogen-bond donors (Lipinski definition) is 2. The van der Waals surface area contributed by atoms with E-state index in [9.17, 15) is 14.4 Å². The lowest BCUT2D eigenvalue weighted by Gasteiger charge is -2.18. The van der Waals surface area contributed by atoms with Gasteiger partial charge in [-0.15, -0.1) is 0 Å². The van der Waals surface area contributed by atoms with Gasteiger partial charge in [-0.25, -0.2) is 4.79 Å². The molecule has 0 aromatic heterocycles. The molecule has 3 aromatic carbocycles. The van der Waals surface area contributed by atoms with Crippen LogP contribution >= 0.6 is 11.8 Å². The number of rotatable bonds is 6. The van der Waals surface area contributed by atoms with Crippen LogP contribution in [0.15, 0.2) is 78.9 Å². The third kappa shape index (κ3) is 5.36. The van der Waals surface area contributed by atoms with Gasteiger partial charge in [-0.1, -0.05) is 72.4 Å². The minimum absolute atomic E-state index is 0.168. The molecule has 1 fully saturated rings. The number of anilines is 1. The van der Waals surface area contributed by atoms with E-state index in [4.69, 9.17) is 0 Å². The molecule has 4 amide bonds. The van der Waals surface area contributed by atoms with Crippen LogP contribution in [0.3, 0.4) is 0 Å². The van der Waals surface area contributed by atoms with Crippen molar-refractivity contribution in [2.45, 2.75) is 18.2 Å². The van der Waals surface area contributed by atoms with Crippen molar-refractivity contribution >= 4 is 34.6 Å². The Hall–Kier alpha value is -3.58. The molecule has 0 spiro atoms. The molecule has 0 radical (unpaired) electrons. The van der Waals surface area contributed by atoms with Gasteiger partial charge < -0.3 is 10.2 Å². The van der Waals surface area contributed by atoms with E-state index < -0.39 is 0 Å². The van der Waals surface area contributed by atoms with E-state index >= 15 is 0 Å². The highest BCUT2D eigenvalue weighted by Crippen LogP contribution is 2.25. The first-order chi connectivity index (χ1) is 15.5. The Bertz CT molecular complexity index is 1130. The van der Waals surface area contributed by atoms with Gasteiger partial charge in [0.25, 0.3) is 5.24 Å². The number of para-hydroxylation sites is 1. The summed E-state index contributed by atoms with van der Waals surface area (Å²) in [6.07, 6.45) is 0.518. The molecule has 1 saturated heterocycles. The molecule has 0 saturated carbocycles. The quantitative estimate of drug-likeness (QED) is 0.565. The summed E-state index contributed by atoms with van der Waals surface area (Å²) in [5, 5.41) is 4.56. The monoisotopic (exact) mass is 445 g/mol. The van der Waals surface area contributed by atoms with E-state index in [0.717, 1.165) is 39.7 Å². The van der Waals surface area contributed by atoms with Crippen LogP contribution in [-0.4, -0.2) is 34.4 Å². The lowest BCUT2D eigenvalue weighted by molar-refractivity contribution is -0.118. The van der Waals surface area contributed by atoms with Crippen molar-refractivity contribution in [1.29, 1.82) is 0 Å². The molecule has 162 valence electrons. The topological polar surface area (TPSA) is 78.5 Å². The molecule has 1 aliphatic heterocycles. The number of thioether (sulfide) groups is 1. The highest BCUT2D eigenvalue weighted by atomic mass is 32.2.